The average molecular weight is 424 g/mol. The van der Waals surface area contributed by atoms with Crippen molar-refractivity contribution >= 4 is 15.9 Å². The summed E-state index contributed by atoms with van der Waals surface area (Å²) in [6.07, 6.45) is 0. The maximum absolute atomic E-state index is 13.6. The molecule has 2 aromatic carbocycles. The van der Waals surface area contributed by atoms with Gasteiger partial charge in [-0.1, -0.05) is 19.1 Å². The number of hydrogen-bond acceptors (Lipinski definition) is 5. The minimum Gasteiger partial charge on any atom is -0.497 e. The number of sulfonamides is 1. The third-order valence-corrected chi connectivity index (χ3v) is 6.35. The van der Waals surface area contributed by atoms with E-state index in [4.69, 9.17) is 9.47 Å². The minimum atomic E-state index is -4.12. The molecule has 0 spiro atoms. The van der Waals surface area contributed by atoms with Crippen molar-refractivity contribution in [2.45, 2.75) is 18.4 Å². The van der Waals surface area contributed by atoms with Gasteiger partial charge in [-0.05, 0) is 35.9 Å². The normalized spacial score (nSPS) is 11.4. The van der Waals surface area contributed by atoms with Crippen molar-refractivity contribution in [1.29, 1.82) is 0 Å². The lowest BCUT2D eigenvalue weighted by molar-refractivity contribution is -0.130. The molecule has 2 aromatic rings. The summed E-state index contributed by atoms with van der Waals surface area (Å²) >= 11 is 0. The lowest BCUT2D eigenvalue weighted by Crippen LogP contribution is -2.41. The second kappa shape index (κ2) is 9.71. The Bertz CT molecular complexity index is 948. The third kappa shape index (κ3) is 5.45. The summed E-state index contributed by atoms with van der Waals surface area (Å²) in [6, 6.07) is 10.5. The Kier molecular flexibility index (Phi) is 7.58. The van der Waals surface area contributed by atoms with Crippen LogP contribution in [0.2, 0.25) is 0 Å². The van der Waals surface area contributed by atoms with Gasteiger partial charge >= 0.3 is 0 Å². The highest BCUT2D eigenvalue weighted by Crippen LogP contribution is 2.27. The summed E-state index contributed by atoms with van der Waals surface area (Å²) in [7, 11) is 0.340. The van der Waals surface area contributed by atoms with Gasteiger partial charge in [-0.3, -0.25) is 4.79 Å². The van der Waals surface area contributed by atoms with E-state index in [1.807, 2.05) is 12.1 Å². The van der Waals surface area contributed by atoms with Crippen molar-refractivity contribution in [2.24, 2.45) is 0 Å². The zero-order chi connectivity index (χ0) is 21.6. The monoisotopic (exact) mass is 424 g/mol. The molecule has 158 valence electrons. The van der Waals surface area contributed by atoms with Crippen molar-refractivity contribution in [3.63, 3.8) is 0 Å². The van der Waals surface area contributed by atoms with Gasteiger partial charge in [0.1, 0.15) is 22.2 Å². The summed E-state index contributed by atoms with van der Waals surface area (Å²) in [5, 5.41) is 0. The van der Waals surface area contributed by atoms with E-state index < -0.39 is 15.8 Å². The molecule has 0 aliphatic carbocycles. The molecule has 0 aliphatic heterocycles. The minimum absolute atomic E-state index is 0.0175. The predicted octanol–water partition coefficient (Wildman–Crippen LogP) is 2.51. The van der Waals surface area contributed by atoms with E-state index >= 15 is 0 Å². The molecule has 2 rings (SSSR count). The first-order valence-corrected chi connectivity index (χ1v) is 10.4. The highest BCUT2D eigenvalue weighted by molar-refractivity contribution is 7.89. The number of hydrogen-bond donors (Lipinski definition) is 0. The highest BCUT2D eigenvalue weighted by atomic mass is 32.2. The number of rotatable bonds is 9. The van der Waals surface area contributed by atoms with Crippen LogP contribution in [0.25, 0.3) is 0 Å². The van der Waals surface area contributed by atoms with Crippen molar-refractivity contribution < 1.29 is 27.1 Å². The van der Waals surface area contributed by atoms with E-state index in [9.17, 15) is 17.6 Å². The number of ether oxygens (including phenoxy) is 2. The van der Waals surface area contributed by atoms with Gasteiger partial charge in [0.15, 0.2) is 0 Å². The zero-order valence-electron chi connectivity index (χ0n) is 16.9. The number of methoxy groups -OCH3 is 2. The zero-order valence-corrected chi connectivity index (χ0v) is 17.7. The van der Waals surface area contributed by atoms with Crippen molar-refractivity contribution in [2.75, 3.05) is 34.4 Å². The maximum Gasteiger partial charge on any atom is 0.247 e. The fourth-order valence-corrected chi connectivity index (χ4v) is 4.29. The van der Waals surface area contributed by atoms with Crippen molar-refractivity contribution in [3.8, 4) is 11.5 Å². The van der Waals surface area contributed by atoms with Crippen LogP contribution in [0, 0.1) is 5.82 Å². The number of nitrogens with zero attached hydrogens (tertiary/aromatic N) is 2. The van der Waals surface area contributed by atoms with Crippen LogP contribution in [0.5, 0.6) is 11.5 Å². The second-order valence-corrected chi connectivity index (χ2v) is 8.23. The molecule has 0 saturated heterocycles. The number of benzene rings is 2. The van der Waals surface area contributed by atoms with Crippen molar-refractivity contribution in [3.05, 3.63) is 53.8 Å². The Labute approximate surface area is 170 Å². The number of carbonyl (C=O) groups is 1. The Balaban J connectivity index is 2.16. The van der Waals surface area contributed by atoms with E-state index in [1.165, 1.54) is 18.1 Å². The lowest BCUT2D eigenvalue weighted by atomic mass is 10.2. The topological polar surface area (TPSA) is 76.2 Å². The molecule has 0 radical (unpaired) electrons. The van der Waals surface area contributed by atoms with E-state index in [0.29, 0.717) is 12.3 Å². The maximum atomic E-state index is 13.6. The lowest BCUT2D eigenvalue weighted by Gasteiger charge is -2.24. The highest BCUT2D eigenvalue weighted by Gasteiger charge is 2.29. The standard InChI is InChI=1S/C20H25FN2O5S/c1-5-23(29(25,26)19-12-16(21)8-11-18(19)28-4)14-20(24)22(2)13-15-6-9-17(27-3)10-7-15/h6-12H,5,13-14H2,1-4H3. The van der Waals surface area contributed by atoms with E-state index in [2.05, 4.69) is 0 Å². The molecular formula is C20H25FN2O5S. The van der Waals surface area contributed by atoms with Crippen LogP contribution in [0.3, 0.4) is 0 Å². The summed E-state index contributed by atoms with van der Waals surface area (Å²) < 4.78 is 50.8. The molecule has 7 nitrogen and oxygen atoms in total. The summed E-state index contributed by atoms with van der Waals surface area (Å²) in [5.74, 6) is -0.371. The van der Waals surface area contributed by atoms with Gasteiger partial charge in [0, 0.05) is 20.1 Å². The predicted molar refractivity (Wildman–Crippen MR) is 107 cm³/mol. The summed E-state index contributed by atoms with van der Waals surface area (Å²) in [5.41, 5.74) is 0.874. The van der Waals surface area contributed by atoms with E-state index in [0.717, 1.165) is 22.0 Å². The number of carbonyl (C=O) groups excluding carboxylic acids is 1. The molecule has 0 aromatic heterocycles. The molecule has 9 heteroatoms. The molecule has 29 heavy (non-hydrogen) atoms. The van der Waals surface area contributed by atoms with Gasteiger partial charge in [-0.15, -0.1) is 0 Å². The first-order valence-electron chi connectivity index (χ1n) is 8.93. The van der Waals surface area contributed by atoms with Crippen LogP contribution in [-0.4, -0.2) is 57.9 Å². The molecule has 1 amide bonds. The largest absolute Gasteiger partial charge is 0.497 e. The van der Waals surface area contributed by atoms with Crippen LogP contribution < -0.4 is 9.47 Å². The fourth-order valence-electron chi connectivity index (χ4n) is 2.72. The van der Waals surface area contributed by atoms with Crippen LogP contribution in [0.4, 0.5) is 4.39 Å². The summed E-state index contributed by atoms with van der Waals surface area (Å²) in [4.78, 5) is 13.7. The SMILES string of the molecule is CCN(CC(=O)N(C)Cc1ccc(OC)cc1)S(=O)(=O)c1cc(F)ccc1OC. The second-order valence-electron chi connectivity index (χ2n) is 6.32. The number of likely N-dealkylation sites (N-methyl/N-ethyl adjacent to an activating group) is 2. The van der Waals surface area contributed by atoms with Gasteiger partial charge < -0.3 is 14.4 Å². The van der Waals surface area contributed by atoms with E-state index in [-0.39, 0.29) is 29.6 Å². The van der Waals surface area contributed by atoms with Gasteiger partial charge in [0.2, 0.25) is 15.9 Å². The third-order valence-electron chi connectivity index (χ3n) is 4.41. The molecule has 0 aliphatic rings. The van der Waals surface area contributed by atoms with Crippen molar-refractivity contribution in [1.82, 2.24) is 9.21 Å². The average Bonchev–Trinajstić information content (AvgIpc) is 2.72. The Morgan fingerprint density at radius 3 is 2.28 bits per heavy atom. The molecular weight excluding hydrogens is 399 g/mol. The molecule has 0 unspecified atom stereocenters. The molecule has 0 fully saturated rings. The Morgan fingerprint density at radius 2 is 1.72 bits per heavy atom. The van der Waals surface area contributed by atoms with Crippen LogP contribution >= 0.6 is 0 Å². The smallest absolute Gasteiger partial charge is 0.247 e. The number of amides is 1. The molecule has 0 saturated carbocycles. The first kappa shape index (κ1) is 22.6. The molecule has 0 heterocycles. The Morgan fingerprint density at radius 1 is 1.07 bits per heavy atom. The van der Waals surface area contributed by atoms with Crippen LogP contribution in [-0.2, 0) is 21.4 Å². The quantitative estimate of drug-likeness (QED) is 0.618. The van der Waals surface area contributed by atoms with Gasteiger partial charge in [-0.25, -0.2) is 12.8 Å². The molecule has 0 atom stereocenters. The van der Waals surface area contributed by atoms with Gasteiger partial charge in [-0.2, -0.15) is 4.31 Å². The van der Waals surface area contributed by atoms with Crippen LogP contribution in [0.1, 0.15) is 12.5 Å². The molecule has 0 bridgehead atoms. The van der Waals surface area contributed by atoms with Crippen LogP contribution in [0.15, 0.2) is 47.4 Å². The van der Waals surface area contributed by atoms with E-state index in [1.54, 1.807) is 33.2 Å². The first-order chi connectivity index (χ1) is 13.7. The summed E-state index contributed by atoms with van der Waals surface area (Å²) in [6.45, 7) is 1.60. The Hall–Kier alpha value is -2.65. The van der Waals surface area contributed by atoms with Gasteiger partial charge in [0.25, 0.3) is 0 Å². The number of halogens is 1. The fraction of sp³-hybridized carbons (Fsp3) is 0.350. The van der Waals surface area contributed by atoms with Gasteiger partial charge in [0.05, 0.1) is 20.8 Å². The molecule has 0 N–H and O–H groups in total.